The molecule has 0 amide bonds. The number of nitrogens with zero attached hydrogens (tertiary/aromatic N) is 2. The summed E-state index contributed by atoms with van der Waals surface area (Å²) in [4.78, 5) is 11.4. The summed E-state index contributed by atoms with van der Waals surface area (Å²) in [6, 6.07) is 6.26. The van der Waals surface area contributed by atoms with Crippen LogP contribution in [0.1, 0.15) is 24.5 Å². The van der Waals surface area contributed by atoms with Crippen LogP contribution in [-0.4, -0.2) is 38.9 Å². The van der Waals surface area contributed by atoms with E-state index in [1.807, 2.05) is 13.0 Å². The molecule has 0 spiro atoms. The van der Waals surface area contributed by atoms with Crippen molar-refractivity contribution in [3.63, 3.8) is 0 Å². The summed E-state index contributed by atoms with van der Waals surface area (Å²) >= 11 is 0. The molecule has 114 valence electrons. The second-order valence-corrected chi connectivity index (χ2v) is 6.44. The van der Waals surface area contributed by atoms with Crippen LogP contribution in [0.3, 0.4) is 0 Å². The molecule has 0 aliphatic carbocycles. The molecule has 1 rings (SSSR count). The zero-order valence-corrected chi connectivity index (χ0v) is 13.1. The van der Waals surface area contributed by atoms with Crippen LogP contribution in [0.15, 0.2) is 23.1 Å². The highest BCUT2D eigenvalue weighted by atomic mass is 32.2. The molecule has 0 saturated carbocycles. The van der Waals surface area contributed by atoms with Gasteiger partial charge in [-0.3, -0.25) is 4.79 Å². The lowest BCUT2D eigenvalue weighted by Gasteiger charge is -2.20. The molecule has 1 aromatic rings. The van der Waals surface area contributed by atoms with Gasteiger partial charge in [-0.1, -0.05) is 6.92 Å². The summed E-state index contributed by atoms with van der Waals surface area (Å²) in [6.07, 6.45) is 0.575. The molecular formula is C14H18N2O4S. The van der Waals surface area contributed by atoms with E-state index in [1.54, 1.807) is 6.92 Å². The third-order valence-electron chi connectivity index (χ3n) is 2.96. The maximum atomic E-state index is 12.6. The Morgan fingerprint density at radius 3 is 2.57 bits per heavy atom. The van der Waals surface area contributed by atoms with Crippen LogP contribution in [0.4, 0.5) is 0 Å². The molecule has 0 aliphatic heterocycles. The van der Waals surface area contributed by atoms with Crippen LogP contribution in [0.2, 0.25) is 0 Å². The number of ether oxygens (including phenoxy) is 1. The molecule has 0 unspecified atom stereocenters. The van der Waals surface area contributed by atoms with E-state index in [4.69, 9.17) is 5.26 Å². The van der Waals surface area contributed by atoms with Crippen LogP contribution in [-0.2, 0) is 19.6 Å². The number of esters is 1. The molecule has 0 saturated heterocycles. The highest BCUT2D eigenvalue weighted by molar-refractivity contribution is 7.89. The first-order chi connectivity index (χ1) is 9.86. The van der Waals surface area contributed by atoms with Gasteiger partial charge < -0.3 is 4.74 Å². The number of methoxy groups -OCH3 is 1. The van der Waals surface area contributed by atoms with Crippen LogP contribution in [0.25, 0.3) is 0 Å². The molecule has 6 nitrogen and oxygen atoms in total. The van der Waals surface area contributed by atoms with Crippen molar-refractivity contribution in [3.05, 3.63) is 29.3 Å². The van der Waals surface area contributed by atoms with Crippen molar-refractivity contribution in [2.45, 2.75) is 25.2 Å². The molecule has 0 atom stereocenters. The van der Waals surface area contributed by atoms with E-state index in [-0.39, 0.29) is 18.0 Å². The van der Waals surface area contributed by atoms with Gasteiger partial charge in [0, 0.05) is 6.54 Å². The van der Waals surface area contributed by atoms with E-state index >= 15 is 0 Å². The molecule has 0 bridgehead atoms. The van der Waals surface area contributed by atoms with Gasteiger partial charge in [-0.2, -0.15) is 9.57 Å². The van der Waals surface area contributed by atoms with Crippen LogP contribution >= 0.6 is 0 Å². The fourth-order valence-corrected chi connectivity index (χ4v) is 3.38. The molecule has 21 heavy (non-hydrogen) atoms. The predicted molar refractivity (Wildman–Crippen MR) is 77.0 cm³/mol. The quantitative estimate of drug-likeness (QED) is 0.742. The van der Waals surface area contributed by atoms with Gasteiger partial charge in [0.2, 0.25) is 10.0 Å². The lowest BCUT2D eigenvalue weighted by atomic mass is 10.1. The van der Waals surface area contributed by atoms with Crippen molar-refractivity contribution in [1.29, 1.82) is 5.26 Å². The van der Waals surface area contributed by atoms with Crippen molar-refractivity contribution >= 4 is 16.0 Å². The Bertz CT molecular complexity index is 662. The second kappa shape index (κ2) is 7.20. The Hall–Kier alpha value is -1.91. The number of rotatable bonds is 6. The summed E-state index contributed by atoms with van der Waals surface area (Å²) in [5.41, 5.74) is 0.997. The number of aryl methyl sites for hydroxylation is 1. The minimum atomic E-state index is -3.79. The monoisotopic (exact) mass is 310 g/mol. The summed E-state index contributed by atoms with van der Waals surface area (Å²) in [6.45, 7) is 3.38. The van der Waals surface area contributed by atoms with E-state index in [1.165, 1.54) is 25.3 Å². The molecule has 0 radical (unpaired) electrons. The lowest BCUT2D eigenvalue weighted by molar-refractivity contribution is -0.140. The maximum Gasteiger partial charge on any atom is 0.321 e. The zero-order valence-electron chi connectivity index (χ0n) is 12.3. The Balaban J connectivity index is 3.19. The predicted octanol–water partition coefficient (Wildman–Crippen LogP) is 1.44. The molecule has 0 fully saturated rings. The van der Waals surface area contributed by atoms with Crippen LogP contribution in [0, 0.1) is 18.3 Å². The highest BCUT2D eigenvalue weighted by Crippen LogP contribution is 2.19. The SMILES string of the molecule is CCCN(CC(=O)OC)S(=O)(=O)c1ccc(C#N)c(C)c1. The largest absolute Gasteiger partial charge is 0.468 e. The smallest absolute Gasteiger partial charge is 0.321 e. The topological polar surface area (TPSA) is 87.5 Å². The van der Waals surface area contributed by atoms with Gasteiger partial charge in [-0.05, 0) is 37.1 Å². The Kier molecular flexibility index (Phi) is 5.88. The number of carbonyl (C=O) groups is 1. The number of benzene rings is 1. The number of nitriles is 1. The fraction of sp³-hybridized carbons (Fsp3) is 0.429. The van der Waals surface area contributed by atoms with E-state index in [0.717, 1.165) is 4.31 Å². The molecule has 0 aliphatic rings. The first kappa shape index (κ1) is 17.1. The van der Waals surface area contributed by atoms with E-state index in [0.29, 0.717) is 17.5 Å². The normalized spacial score (nSPS) is 11.2. The van der Waals surface area contributed by atoms with Gasteiger partial charge >= 0.3 is 5.97 Å². The number of sulfonamides is 1. The van der Waals surface area contributed by atoms with Crippen molar-refractivity contribution < 1.29 is 17.9 Å². The Morgan fingerprint density at radius 1 is 1.43 bits per heavy atom. The van der Waals surface area contributed by atoms with Gasteiger partial charge in [0.1, 0.15) is 6.54 Å². The average molecular weight is 310 g/mol. The number of carbonyl (C=O) groups excluding carboxylic acids is 1. The third kappa shape index (κ3) is 4.03. The minimum absolute atomic E-state index is 0.0661. The summed E-state index contributed by atoms with van der Waals surface area (Å²) in [5, 5.41) is 8.89. The van der Waals surface area contributed by atoms with Crippen LogP contribution < -0.4 is 0 Å². The van der Waals surface area contributed by atoms with Crippen molar-refractivity contribution in [2.75, 3.05) is 20.2 Å². The van der Waals surface area contributed by atoms with Crippen molar-refractivity contribution in [3.8, 4) is 6.07 Å². The summed E-state index contributed by atoms with van der Waals surface area (Å²) < 4.78 is 30.7. The standard InChI is InChI=1S/C14H18N2O4S/c1-4-7-16(10-14(17)20-3)21(18,19)13-6-5-12(9-15)11(2)8-13/h5-6,8H,4,7,10H2,1-3H3. The number of hydrogen-bond donors (Lipinski definition) is 0. The zero-order chi connectivity index (χ0) is 16.0. The Labute approximate surface area is 125 Å². The van der Waals surface area contributed by atoms with Gasteiger partial charge in [-0.15, -0.1) is 0 Å². The Morgan fingerprint density at radius 2 is 2.10 bits per heavy atom. The van der Waals surface area contributed by atoms with Crippen LogP contribution in [0.5, 0.6) is 0 Å². The fourth-order valence-electron chi connectivity index (χ4n) is 1.81. The van der Waals surface area contributed by atoms with E-state index < -0.39 is 16.0 Å². The van der Waals surface area contributed by atoms with Gasteiger partial charge in [-0.25, -0.2) is 8.42 Å². The van der Waals surface area contributed by atoms with Gasteiger partial charge in [0.15, 0.2) is 0 Å². The van der Waals surface area contributed by atoms with E-state index in [2.05, 4.69) is 4.74 Å². The molecule has 0 N–H and O–H groups in total. The van der Waals surface area contributed by atoms with E-state index in [9.17, 15) is 13.2 Å². The third-order valence-corrected chi connectivity index (χ3v) is 4.80. The lowest BCUT2D eigenvalue weighted by Crippen LogP contribution is -2.36. The second-order valence-electron chi connectivity index (χ2n) is 4.50. The molecular weight excluding hydrogens is 292 g/mol. The molecule has 7 heteroatoms. The number of hydrogen-bond acceptors (Lipinski definition) is 5. The maximum absolute atomic E-state index is 12.6. The van der Waals surface area contributed by atoms with Crippen molar-refractivity contribution in [1.82, 2.24) is 4.31 Å². The highest BCUT2D eigenvalue weighted by Gasteiger charge is 2.26. The van der Waals surface area contributed by atoms with Crippen molar-refractivity contribution in [2.24, 2.45) is 0 Å². The molecule has 0 heterocycles. The average Bonchev–Trinajstić information content (AvgIpc) is 2.46. The first-order valence-electron chi connectivity index (χ1n) is 6.44. The first-order valence-corrected chi connectivity index (χ1v) is 7.88. The summed E-state index contributed by atoms with van der Waals surface area (Å²) in [5.74, 6) is -0.614. The summed E-state index contributed by atoms with van der Waals surface area (Å²) in [7, 11) is -2.58. The van der Waals surface area contributed by atoms with Gasteiger partial charge in [0.05, 0.1) is 23.6 Å². The molecule has 0 aromatic heterocycles. The molecule has 1 aromatic carbocycles. The van der Waals surface area contributed by atoms with Gasteiger partial charge in [0.25, 0.3) is 0 Å². The minimum Gasteiger partial charge on any atom is -0.468 e.